The third kappa shape index (κ3) is 1.88. The molecular weight excluding hydrogens is 232 g/mol. The van der Waals surface area contributed by atoms with Crippen molar-refractivity contribution in [2.75, 3.05) is 0 Å². The molecule has 0 aliphatic heterocycles. The van der Waals surface area contributed by atoms with Crippen molar-refractivity contribution < 1.29 is 9.65 Å². The maximum absolute atomic E-state index is 12.2. The van der Waals surface area contributed by atoms with Crippen LogP contribution in [0.2, 0.25) is 0 Å². The normalized spacial score (nSPS) is 11.7. The smallest absolute Gasteiger partial charge is 0.289 e. The van der Waals surface area contributed by atoms with Crippen LogP contribution in [0.3, 0.4) is 0 Å². The van der Waals surface area contributed by atoms with Crippen LogP contribution in [0.25, 0.3) is 10.9 Å². The topological polar surface area (TPSA) is 70.1 Å². The van der Waals surface area contributed by atoms with Crippen molar-refractivity contribution in [2.45, 2.75) is 26.2 Å². The van der Waals surface area contributed by atoms with Gasteiger partial charge in [-0.05, 0) is 6.07 Å². The van der Waals surface area contributed by atoms with Crippen LogP contribution in [-0.4, -0.2) is 4.92 Å². The van der Waals surface area contributed by atoms with Crippen LogP contribution >= 0.6 is 0 Å². The molecule has 5 heteroatoms. The summed E-state index contributed by atoms with van der Waals surface area (Å²) in [5.74, 6) is 0. The van der Waals surface area contributed by atoms with E-state index in [9.17, 15) is 15.3 Å². The molecule has 1 aromatic heterocycles. The molecule has 1 aromatic carbocycles. The molecule has 94 valence electrons. The molecule has 0 saturated heterocycles. The van der Waals surface area contributed by atoms with Gasteiger partial charge in [0, 0.05) is 11.5 Å². The van der Waals surface area contributed by atoms with Crippen LogP contribution in [0, 0.1) is 15.3 Å². The number of fused-ring (bicyclic) bond motifs is 1. The Bertz CT molecular complexity index is 630. The molecule has 0 N–H and O–H groups in total. The monoisotopic (exact) mass is 246 g/mol. The van der Waals surface area contributed by atoms with E-state index in [-0.39, 0.29) is 5.69 Å². The van der Waals surface area contributed by atoms with Crippen molar-refractivity contribution in [2.24, 2.45) is 0 Å². The van der Waals surface area contributed by atoms with Crippen molar-refractivity contribution in [3.05, 3.63) is 51.3 Å². The maximum Gasteiger partial charge on any atom is 0.289 e. The summed E-state index contributed by atoms with van der Waals surface area (Å²) in [4.78, 5) is 10.7. The van der Waals surface area contributed by atoms with Crippen LogP contribution in [0.15, 0.2) is 30.3 Å². The number of rotatable bonds is 1. The molecule has 0 aliphatic rings. The molecule has 2 rings (SSSR count). The number of nitro groups is 1. The molecule has 0 spiro atoms. The first-order valence-corrected chi connectivity index (χ1v) is 5.62. The Labute approximate surface area is 104 Å². The fourth-order valence-electron chi connectivity index (χ4n) is 1.94. The van der Waals surface area contributed by atoms with E-state index in [0.717, 1.165) is 4.73 Å². The molecule has 0 atom stereocenters. The highest BCUT2D eigenvalue weighted by Crippen LogP contribution is 2.28. The zero-order chi connectivity index (χ0) is 13.5. The Morgan fingerprint density at radius 3 is 2.39 bits per heavy atom. The second kappa shape index (κ2) is 3.94. The molecule has 0 bridgehead atoms. The summed E-state index contributed by atoms with van der Waals surface area (Å²) in [5, 5.41) is 23.7. The highest BCUT2D eigenvalue weighted by Gasteiger charge is 2.29. The van der Waals surface area contributed by atoms with Crippen molar-refractivity contribution >= 4 is 16.6 Å². The predicted octanol–water partition coefficient (Wildman–Crippen LogP) is 2.68. The van der Waals surface area contributed by atoms with Crippen LogP contribution in [0.4, 0.5) is 5.69 Å². The molecule has 0 saturated carbocycles. The van der Waals surface area contributed by atoms with E-state index in [1.165, 1.54) is 6.07 Å². The molecular formula is C13H14N2O3. The van der Waals surface area contributed by atoms with Crippen LogP contribution in [-0.2, 0) is 5.41 Å². The number of para-hydroxylation sites is 1. The molecule has 18 heavy (non-hydrogen) atoms. The molecule has 0 aliphatic carbocycles. The minimum absolute atomic E-state index is 0.0253. The fraction of sp³-hybridized carbons (Fsp3) is 0.308. The van der Waals surface area contributed by atoms with Gasteiger partial charge in [0.2, 0.25) is 11.2 Å². The van der Waals surface area contributed by atoms with Gasteiger partial charge in [-0.3, -0.25) is 10.1 Å². The fourth-order valence-corrected chi connectivity index (χ4v) is 1.94. The largest absolute Gasteiger partial charge is 0.618 e. The van der Waals surface area contributed by atoms with Gasteiger partial charge in [-0.1, -0.05) is 32.9 Å². The Hall–Kier alpha value is -2.17. The minimum atomic E-state index is -0.448. The lowest BCUT2D eigenvalue weighted by molar-refractivity contribution is -0.590. The van der Waals surface area contributed by atoms with Gasteiger partial charge in [0.05, 0.1) is 11.0 Å². The first kappa shape index (κ1) is 12.3. The summed E-state index contributed by atoms with van der Waals surface area (Å²) < 4.78 is 0.780. The molecule has 0 unspecified atom stereocenters. The summed E-state index contributed by atoms with van der Waals surface area (Å²) in [6, 6.07) is 7.95. The number of hydrogen-bond acceptors (Lipinski definition) is 3. The molecule has 0 fully saturated rings. The lowest BCUT2D eigenvalue weighted by Crippen LogP contribution is -2.39. The first-order chi connectivity index (χ1) is 8.32. The number of pyridine rings is 1. The third-order valence-electron chi connectivity index (χ3n) is 2.86. The van der Waals surface area contributed by atoms with E-state index in [1.54, 1.807) is 24.3 Å². The van der Waals surface area contributed by atoms with Crippen molar-refractivity contribution in [1.82, 2.24) is 0 Å². The summed E-state index contributed by atoms with van der Waals surface area (Å²) in [6.45, 7) is 5.57. The highest BCUT2D eigenvalue weighted by molar-refractivity contribution is 5.85. The third-order valence-corrected chi connectivity index (χ3v) is 2.86. The first-order valence-electron chi connectivity index (χ1n) is 5.62. The Kier molecular flexibility index (Phi) is 2.69. The Balaban J connectivity index is 2.92. The standard InChI is InChI=1S/C13H14N2O3/c1-13(2,3)12-8-11(15(17)18)9-6-4-5-7-10(9)14(12)16/h4-8H,1-3H3. The zero-order valence-electron chi connectivity index (χ0n) is 10.5. The average Bonchev–Trinajstić information content (AvgIpc) is 2.27. The number of hydrogen-bond donors (Lipinski definition) is 0. The van der Waals surface area contributed by atoms with Crippen LogP contribution < -0.4 is 4.73 Å². The van der Waals surface area contributed by atoms with Gasteiger partial charge in [-0.15, -0.1) is 0 Å². The van der Waals surface area contributed by atoms with E-state index in [0.29, 0.717) is 16.6 Å². The predicted molar refractivity (Wildman–Crippen MR) is 68.3 cm³/mol. The number of aromatic nitrogens is 1. The lowest BCUT2D eigenvalue weighted by Gasteiger charge is -2.18. The van der Waals surface area contributed by atoms with Gasteiger partial charge in [-0.25, -0.2) is 0 Å². The summed E-state index contributed by atoms with van der Waals surface area (Å²) in [5.41, 5.74) is 0.253. The quantitative estimate of drug-likeness (QED) is 0.336. The van der Waals surface area contributed by atoms with Crippen LogP contribution in [0.1, 0.15) is 26.5 Å². The SMILES string of the molecule is CC(C)(C)c1cc([N+](=O)[O-])c2ccccc2[n+]1[O-]. The molecule has 1 heterocycles. The van der Waals surface area contributed by atoms with E-state index in [1.807, 2.05) is 20.8 Å². The maximum atomic E-state index is 12.2. The van der Waals surface area contributed by atoms with Crippen molar-refractivity contribution in [3.63, 3.8) is 0 Å². The van der Waals surface area contributed by atoms with Gasteiger partial charge in [0.15, 0.2) is 0 Å². The minimum Gasteiger partial charge on any atom is -0.618 e. The highest BCUT2D eigenvalue weighted by atomic mass is 16.6. The van der Waals surface area contributed by atoms with Crippen molar-refractivity contribution in [3.8, 4) is 0 Å². The van der Waals surface area contributed by atoms with Crippen molar-refractivity contribution in [1.29, 1.82) is 0 Å². The molecule has 0 amide bonds. The Morgan fingerprint density at radius 1 is 1.22 bits per heavy atom. The van der Waals surface area contributed by atoms with Gasteiger partial charge in [-0.2, -0.15) is 4.73 Å². The van der Waals surface area contributed by atoms with E-state index in [4.69, 9.17) is 0 Å². The van der Waals surface area contributed by atoms with E-state index >= 15 is 0 Å². The van der Waals surface area contributed by atoms with E-state index in [2.05, 4.69) is 0 Å². The molecule has 2 aromatic rings. The average molecular weight is 246 g/mol. The number of benzene rings is 1. The van der Waals surface area contributed by atoms with Gasteiger partial charge >= 0.3 is 0 Å². The van der Waals surface area contributed by atoms with Gasteiger partial charge < -0.3 is 5.21 Å². The van der Waals surface area contributed by atoms with E-state index < -0.39 is 10.3 Å². The summed E-state index contributed by atoms with van der Waals surface area (Å²) >= 11 is 0. The second-order valence-electron chi connectivity index (χ2n) is 5.23. The van der Waals surface area contributed by atoms with Gasteiger partial charge in [0.1, 0.15) is 5.39 Å². The Morgan fingerprint density at radius 2 is 1.83 bits per heavy atom. The molecule has 5 nitrogen and oxygen atoms in total. The molecule has 0 radical (unpaired) electrons. The van der Waals surface area contributed by atoms with Crippen LogP contribution in [0.5, 0.6) is 0 Å². The van der Waals surface area contributed by atoms with Gasteiger partial charge in [0.25, 0.3) is 5.69 Å². The summed E-state index contributed by atoms with van der Waals surface area (Å²) in [6.07, 6.45) is 0. The lowest BCUT2D eigenvalue weighted by atomic mass is 9.90. The number of nitrogens with zero attached hydrogens (tertiary/aromatic N) is 2. The zero-order valence-corrected chi connectivity index (χ0v) is 10.5. The summed E-state index contributed by atoms with van der Waals surface area (Å²) in [7, 11) is 0. The second-order valence-corrected chi connectivity index (χ2v) is 5.23.